The first-order chi connectivity index (χ1) is 8.79. The number of hydrogen-bond donors (Lipinski definition) is 1. The van der Waals surface area contributed by atoms with Gasteiger partial charge in [0, 0.05) is 5.56 Å². The molecule has 0 saturated heterocycles. The number of halogens is 4. The third kappa shape index (κ3) is 2.70. The molecule has 2 aromatic carbocycles. The largest absolute Gasteiger partial charge is 0.507 e. The second-order valence-corrected chi connectivity index (χ2v) is 4.19. The smallest absolute Gasteiger partial charge is 0.416 e. The molecular formula is C14H10F4O. The van der Waals surface area contributed by atoms with Gasteiger partial charge in [0.25, 0.3) is 0 Å². The highest BCUT2D eigenvalue weighted by Gasteiger charge is 2.30. The second kappa shape index (κ2) is 4.57. The fourth-order valence-electron chi connectivity index (χ4n) is 1.87. The fraction of sp³-hybridized carbons (Fsp3) is 0.143. The minimum Gasteiger partial charge on any atom is -0.507 e. The summed E-state index contributed by atoms with van der Waals surface area (Å²) in [4.78, 5) is 0. The first-order valence-corrected chi connectivity index (χ1v) is 5.46. The van der Waals surface area contributed by atoms with Crippen molar-refractivity contribution in [2.24, 2.45) is 0 Å². The first-order valence-electron chi connectivity index (χ1n) is 5.46. The molecule has 2 rings (SSSR count). The van der Waals surface area contributed by atoms with Crippen molar-refractivity contribution in [3.8, 4) is 16.9 Å². The summed E-state index contributed by atoms with van der Waals surface area (Å²) in [6, 6.07) is 6.45. The summed E-state index contributed by atoms with van der Waals surface area (Å²) in [5, 5.41) is 9.65. The molecule has 0 heterocycles. The Labute approximate surface area is 107 Å². The molecule has 0 atom stereocenters. The van der Waals surface area contributed by atoms with Crippen LogP contribution in [0.25, 0.3) is 11.1 Å². The van der Waals surface area contributed by atoms with E-state index in [1.54, 1.807) is 0 Å². The maximum atomic E-state index is 13.1. The standard InChI is InChI=1S/C14H10F4O/c1-8-6-9(14(16,17)18)2-4-11(8)12-7-10(15)3-5-13(12)19/h2-7,19H,1H3. The lowest BCUT2D eigenvalue weighted by molar-refractivity contribution is -0.137. The lowest BCUT2D eigenvalue weighted by Gasteiger charge is -2.12. The van der Waals surface area contributed by atoms with Gasteiger partial charge in [-0.1, -0.05) is 6.07 Å². The van der Waals surface area contributed by atoms with Gasteiger partial charge in [-0.3, -0.25) is 0 Å². The quantitative estimate of drug-likeness (QED) is 0.755. The van der Waals surface area contributed by atoms with Crippen LogP contribution in [0.5, 0.6) is 5.75 Å². The van der Waals surface area contributed by atoms with Crippen molar-refractivity contribution in [2.45, 2.75) is 13.1 Å². The van der Waals surface area contributed by atoms with Crippen molar-refractivity contribution in [3.63, 3.8) is 0 Å². The van der Waals surface area contributed by atoms with E-state index in [1.165, 1.54) is 19.1 Å². The third-order valence-corrected chi connectivity index (χ3v) is 2.80. The molecule has 0 radical (unpaired) electrons. The molecule has 0 unspecified atom stereocenters. The third-order valence-electron chi connectivity index (χ3n) is 2.80. The van der Waals surface area contributed by atoms with Crippen molar-refractivity contribution in [2.75, 3.05) is 0 Å². The fourth-order valence-corrected chi connectivity index (χ4v) is 1.87. The van der Waals surface area contributed by atoms with Crippen LogP contribution in [0.15, 0.2) is 36.4 Å². The molecule has 19 heavy (non-hydrogen) atoms. The van der Waals surface area contributed by atoms with Crippen molar-refractivity contribution in [1.29, 1.82) is 0 Å². The number of aryl methyl sites for hydroxylation is 1. The van der Waals surface area contributed by atoms with Gasteiger partial charge in [0.2, 0.25) is 0 Å². The van der Waals surface area contributed by atoms with Crippen molar-refractivity contribution in [3.05, 3.63) is 53.3 Å². The Morgan fingerprint density at radius 3 is 2.21 bits per heavy atom. The molecule has 5 heteroatoms. The molecule has 0 bridgehead atoms. The summed E-state index contributed by atoms with van der Waals surface area (Å²) in [6.07, 6.45) is -4.42. The predicted molar refractivity (Wildman–Crippen MR) is 63.2 cm³/mol. The zero-order valence-corrected chi connectivity index (χ0v) is 9.92. The number of hydrogen-bond acceptors (Lipinski definition) is 1. The van der Waals surface area contributed by atoms with Crippen LogP contribution in [0.2, 0.25) is 0 Å². The Morgan fingerprint density at radius 1 is 0.947 bits per heavy atom. The van der Waals surface area contributed by atoms with Crippen LogP contribution in [-0.2, 0) is 6.18 Å². The van der Waals surface area contributed by atoms with E-state index in [9.17, 15) is 22.7 Å². The molecular weight excluding hydrogens is 260 g/mol. The van der Waals surface area contributed by atoms with Crippen LogP contribution >= 0.6 is 0 Å². The zero-order valence-electron chi connectivity index (χ0n) is 9.92. The number of benzene rings is 2. The highest BCUT2D eigenvalue weighted by Crippen LogP contribution is 2.36. The normalized spacial score (nSPS) is 11.6. The molecule has 0 saturated carbocycles. The summed E-state index contributed by atoms with van der Waals surface area (Å²) in [6.45, 7) is 1.48. The molecule has 2 aromatic rings. The van der Waals surface area contributed by atoms with E-state index in [4.69, 9.17) is 0 Å². The van der Waals surface area contributed by atoms with Gasteiger partial charge in [0.05, 0.1) is 5.56 Å². The summed E-state index contributed by atoms with van der Waals surface area (Å²) in [5.41, 5.74) is 0.0802. The SMILES string of the molecule is Cc1cc(C(F)(F)F)ccc1-c1cc(F)ccc1O. The molecule has 0 aromatic heterocycles. The minimum atomic E-state index is -4.42. The molecule has 0 amide bonds. The number of rotatable bonds is 1. The van der Waals surface area contributed by atoms with Gasteiger partial charge in [-0.25, -0.2) is 4.39 Å². The average Bonchev–Trinajstić information content (AvgIpc) is 2.31. The van der Waals surface area contributed by atoms with Crippen LogP contribution in [0.3, 0.4) is 0 Å². The average molecular weight is 270 g/mol. The van der Waals surface area contributed by atoms with Crippen molar-refractivity contribution < 1.29 is 22.7 Å². The van der Waals surface area contributed by atoms with Crippen LogP contribution in [0, 0.1) is 12.7 Å². The maximum Gasteiger partial charge on any atom is 0.416 e. The summed E-state index contributed by atoms with van der Waals surface area (Å²) in [5.74, 6) is -0.739. The monoisotopic (exact) mass is 270 g/mol. The van der Waals surface area contributed by atoms with E-state index in [0.29, 0.717) is 11.1 Å². The van der Waals surface area contributed by atoms with Gasteiger partial charge in [-0.15, -0.1) is 0 Å². The van der Waals surface area contributed by atoms with Gasteiger partial charge in [0.1, 0.15) is 11.6 Å². The number of phenols is 1. The number of phenolic OH excluding ortho intramolecular Hbond substituents is 1. The lowest BCUT2D eigenvalue weighted by Crippen LogP contribution is -2.05. The Hall–Kier alpha value is -2.04. The van der Waals surface area contributed by atoms with Gasteiger partial charge in [0.15, 0.2) is 0 Å². The highest BCUT2D eigenvalue weighted by molar-refractivity contribution is 5.73. The van der Waals surface area contributed by atoms with Gasteiger partial charge >= 0.3 is 6.18 Å². The summed E-state index contributed by atoms with van der Waals surface area (Å²) in [7, 11) is 0. The topological polar surface area (TPSA) is 20.2 Å². The lowest BCUT2D eigenvalue weighted by atomic mass is 9.97. The van der Waals surface area contributed by atoms with Crippen LogP contribution in [-0.4, -0.2) is 5.11 Å². The summed E-state index contributed by atoms with van der Waals surface area (Å²) < 4.78 is 50.8. The van der Waals surface area contributed by atoms with Crippen LogP contribution in [0.4, 0.5) is 17.6 Å². The molecule has 1 nitrogen and oxygen atoms in total. The molecule has 0 aliphatic heterocycles. The molecule has 100 valence electrons. The molecule has 0 spiro atoms. The van der Waals surface area contributed by atoms with Gasteiger partial charge in [-0.05, 0) is 48.4 Å². The molecule has 0 aliphatic rings. The van der Waals surface area contributed by atoms with E-state index < -0.39 is 17.6 Å². The van der Waals surface area contributed by atoms with Crippen molar-refractivity contribution >= 4 is 0 Å². The Bertz CT molecular complexity index is 617. The van der Waals surface area contributed by atoms with Crippen LogP contribution in [0.1, 0.15) is 11.1 Å². The molecule has 1 N–H and O–H groups in total. The van der Waals surface area contributed by atoms with Crippen LogP contribution < -0.4 is 0 Å². The number of aromatic hydroxyl groups is 1. The van der Waals surface area contributed by atoms with E-state index in [-0.39, 0.29) is 11.3 Å². The molecule has 0 fully saturated rings. The summed E-state index contributed by atoms with van der Waals surface area (Å²) >= 11 is 0. The van der Waals surface area contributed by atoms with E-state index in [2.05, 4.69) is 0 Å². The Balaban J connectivity index is 2.55. The first kappa shape index (κ1) is 13.4. The highest BCUT2D eigenvalue weighted by atomic mass is 19.4. The number of alkyl halides is 3. The zero-order chi connectivity index (χ0) is 14.2. The minimum absolute atomic E-state index is 0.172. The predicted octanol–water partition coefficient (Wildman–Crippen LogP) is 4.53. The second-order valence-electron chi connectivity index (χ2n) is 4.19. The van der Waals surface area contributed by atoms with Crippen molar-refractivity contribution in [1.82, 2.24) is 0 Å². The van der Waals surface area contributed by atoms with E-state index in [0.717, 1.165) is 24.3 Å². The maximum absolute atomic E-state index is 13.1. The van der Waals surface area contributed by atoms with E-state index in [1.807, 2.05) is 0 Å². The Kier molecular flexibility index (Phi) is 3.22. The van der Waals surface area contributed by atoms with E-state index >= 15 is 0 Å². The molecule has 0 aliphatic carbocycles. The van der Waals surface area contributed by atoms with Gasteiger partial charge < -0.3 is 5.11 Å². The van der Waals surface area contributed by atoms with Gasteiger partial charge in [-0.2, -0.15) is 13.2 Å². The Morgan fingerprint density at radius 2 is 1.63 bits per heavy atom.